The molecule has 0 radical (unpaired) electrons. The predicted molar refractivity (Wildman–Crippen MR) is 69.2 cm³/mol. The number of amides is 1. The molecule has 0 bridgehead atoms. The fourth-order valence-corrected chi connectivity index (χ4v) is 1.47. The van der Waals surface area contributed by atoms with Gasteiger partial charge in [0, 0.05) is 12.6 Å². The molecule has 0 spiro atoms. The van der Waals surface area contributed by atoms with Crippen LogP contribution < -0.4 is 10.6 Å². The third-order valence-corrected chi connectivity index (χ3v) is 2.52. The Balaban J connectivity index is 2.88. The summed E-state index contributed by atoms with van der Waals surface area (Å²) in [4.78, 5) is 15.5. The summed E-state index contributed by atoms with van der Waals surface area (Å²) in [5.41, 5.74) is 1.26. The molecular formula is C11H12N4OS. The van der Waals surface area contributed by atoms with Crippen LogP contribution in [0.2, 0.25) is 0 Å². The first-order valence-electron chi connectivity index (χ1n) is 4.81. The molecule has 1 aromatic rings. The molecule has 0 atom stereocenters. The Morgan fingerprint density at radius 3 is 2.53 bits per heavy atom. The zero-order chi connectivity index (χ0) is 12.7. The third-order valence-electron chi connectivity index (χ3n) is 1.94. The molecule has 88 valence electrons. The van der Waals surface area contributed by atoms with Gasteiger partial charge in [0.1, 0.15) is 0 Å². The van der Waals surface area contributed by atoms with Crippen molar-refractivity contribution in [3.05, 3.63) is 29.8 Å². The van der Waals surface area contributed by atoms with Crippen molar-refractivity contribution in [2.75, 3.05) is 13.3 Å². The number of rotatable bonds is 2. The van der Waals surface area contributed by atoms with Gasteiger partial charge in [-0.25, -0.2) is 4.99 Å². The fraction of sp³-hybridized carbons (Fsp3) is 0.182. The standard InChI is InChI=1S/C11H12N4OS/c1-13-10(16)8-3-5-9(6-4-8)15-11(17-2)14-7-12/h3-6H,1-2H3,(H,13,16)(H,14,15). The van der Waals surface area contributed by atoms with Crippen molar-refractivity contribution in [2.45, 2.75) is 0 Å². The molecule has 17 heavy (non-hydrogen) atoms. The van der Waals surface area contributed by atoms with E-state index < -0.39 is 0 Å². The summed E-state index contributed by atoms with van der Waals surface area (Å²) >= 11 is 1.34. The summed E-state index contributed by atoms with van der Waals surface area (Å²) in [5.74, 6) is -0.138. The summed E-state index contributed by atoms with van der Waals surface area (Å²) in [5, 5.41) is 14.0. The maximum absolute atomic E-state index is 11.3. The highest BCUT2D eigenvalue weighted by Crippen LogP contribution is 2.14. The molecule has 1 amide bonds. The first-order valence-corrected chi connectivity index (χ1v) is 6.03. The monoisotopic (exact) mass is 248 g/mol. The zero-order valence-corrected chi connectivity index (χ0v) is 10.3. The van der Waals surface area contributed by atoms with E-state index in [-0.39, 0.29) is 5.91 Å². The summed E-state index contributed by atoms with van der Waals surface area (Å²) in [7, 11) is 1.58. The molecule has 1 rings (SSSR count). The molecule has 0 fully saturated rings. The quantitative estimate of drug-likeness (QED) is 0.359. The summed E-state index contributed by atoms with van der Waals surface area (Å²) < 4.78 is 0. The van der Waals surface area contributed by atoms with Crippen molar-refractivity contribution < 1.29 is 4.79 Å². The van der Waals surface area contributed by atoms with Crippen molar-refractivity contribution in [2.24, 2.45) is 4.99 Å². The van der Waals surface area contributed by atoms with Gasteiger partial charge in [-0.2, -0.15) is 5.26 Å². The van der Waals surface area contributed by atoms with Gasteiger partial charge in [0.25, 0.3) is 5.91 Å². The smallest absolute Gasteiger partial charge is 0.251 e. The van der Waals surface area contributed by atoms with E-state index >= 15 is 0 Å². The van der Waals surface area contributed by atoms with Gasteiger partial charge in [-0.15, -0.1) is 0 Å². The highest BCUT2D eigenvalue weighted by molar-refractivity contribution is 8.13. The lowest BCUT2D eigenvalue weighted by molar-refractivity contribution is 0.0963. The molecular weight excluding hydrogens is 236 g/mol. The normalized spacial score (nSPS) is 10.5. The fourth-order valence-electron chi connectivity index (χ4n) is 1.12. The predicted octanol–water partition coefficient (Wildman–Crippen LogP) is 1.47. The SMILES string of the molecule is CNC(=O)c1ccc(N=C(NC#N)SC)cc1. The minimum atomic E-state index is -0.138. The van der Waals surface area contributed by atoms with Crippen LogP contribution in [0.4, 0.5) is 5.69 Å². The maximum Gasteiger partial charge on any atom is 0.251 e. The Kier molecular flexibility index (Phi) is 5.04. The lowest BCUT2D eigenvalue weighted by Crippen LogP contribution is -2.17. The summed E-state index contributed by atoms with van der Waals surface area (Å²) in [6, 6.07) is 6.81. The van der Waals surface area contributed by atoms with E-state index in [0.29, 0.717) is 16.4 Å². The van der Waals surface area contributed by atoms with Gasteiger partial charge in [-0.3, -0.25) is 10.1 Å². The molecule has 0 saturated heterocycles. The van der Waals surface area contributed by atoms with Crippen LogP contribution in [0.25, 0.3) is 0 Å². The van der Waals surface area contributed by atoms with Gasteiger partial charge in [-0.05, 0) is 30.5 Å². The number of benzene rings is 1. The lowest BCUT2D eigenvalue weighted by atomic mass is 10.2. The van der Waals surface area contributed by atoms with Crippen LogP contribution in [-0.4, -0.2) is 24.4 Å². The summed E-state index contributed by atoms with van der Waals surface area (Å²) in [6.45, 7) is 0. The molecule has 5 nitrogen and oxygen atoms in total. The molecule has 2 N–H and O–H groups in total. The highest BCUT2D eigenvalue weighted by atomic mass is 32.2. The molecule has 0 aliphatic heterocycles. The van der Waals surface area contributed by atoms with Crippen LogP contribution in [0.15, 0.2) is 29.3 Å². The maximum atomic E-state index is 11.3. The number of aliphatic imine (C=N–C) groups is 1. The Morgan fingerprint density at radius 1 is 1.41 bits per heavy atom. The largest absolute Gasteiger partial charge is 0.355 e. The number of hydrogen-bond acceptors (Lipinski definition) is 4. The van der Waals surface area contributed by atoms with Crippen LogP contribution in [0.1, 0.15) is 10.4 Å². The van der Waals surface area contributed by atoms with E-state index in [1.54, 1.807) is 31.3 Å². The minimum absolute atomic E-state index is 0.138. The average Bonchev–Trinajstić information content (AvgIpc) is 2.38. The molecule has 0 aliphatic carbocycles. The second-order valence-corrected chi connectivity index (χ2v) is 3.78. The van der Waals surface area contributed by atoms with E-state index in [0.717, 1.165) is 0 Å². The number of carbonyl (C=O) groups is 1. The van der Waals surface area contributed by atoms with Crippen LogP contribution in [-0.2, 0) is 0 Å². The number of carbonyl (C=O) groups excluding carboxylic acids is 1. The molecule has 0 saturated carbocycles. The van der Waals surface area contributed by atoms with E-state index in [9.17, 15) is 4.79 Å². The Hall–Kier alpha value is -2.00. The number of nitrogens with zero attached hydrogens (tertiary/aromatic N) is 2. The van der Waals surface area contributed by atoms with Crippen molar-refractivity contribution >= 4 is 28.5 Å². The topological polar surface area (TPSA) is 77.3 Å². The minimum Gasteiger partial charge on any atom is -0.355 e. The molecule has 0 heterocycles. The molecule has 0 aromatic heterocycles. The average molecular weight is 248 g/mol. The van der Waals surface area contributed by atoms with Crippen LogP contribution in [0.3, 0.4) is 0 Å². The second kappa shape index (κ2) is 6.55. The van der Waals surface area contributed by atoms with Gasteiger partial charge < -0.3 is 5.32 Å². The third kappa shape index (κ3) is 3.81. The van der Waals surface area contributed by atoms with Crippen molar-refractivity contribution in [3.63, 3.8) is 0 Å². The van der Waals surface area contributed by atoms with E-state index in [2.05, 4.69) is 15.6 Å². The molecule has 6 heteroatoms. The van der Waals surface area contributed by atoms with Gasteiger partial charge in [0.05, 0.1) is 5.69 Å². The number of thioether (sulfide) groups is 1. The summed E-state index contributed by atoms with van der Waals surface area (Å²) in [6.07, 6.45) is 3.63. The van der Waals surface area contributed by atoms with Crippen LogP contribution in [0.5, 0.6) is 0 Å². The number of nitrogens with one attached hydrogen (secondary N) is 2. The van der Waals surface area contributed by atoms with Crippen LogP contribution >= 0.6 is 11.8 Å². The van der Waals surface area contributed by atoms with Gasteiger partial charge in [-0.1, -0.05) is 11.8 Å². The van der Waals surface area contributed by atoms with Gasteiger partial charge in [0.2, 0.25) is 0 Å². The Bertz CT molecular complexity index is 461. The van der Waals surface area contributed by atoms with Crippen molar-refractivity contribution in [3.8, 4) is 6.19 Å². The van der Waals surface area contributed by atoms with Crippen LogP contribution in [0, 0.1) is 11.5 Å². The number of hydrogen-bond donors (Lipinski definition) is 2. The van der Waals surface area contributed by atoms with E-state index in [1.165, 1.54) is 11.8 Å². The zero-order valence-electron chi connectivity index (χ0n) is 9.52. The molecule has 0 unspecified atom stereocenters. The first kappa shape index (κ1) is 13.1. The van der Waals surface area contributed by atoms with E-state index in [4.69, 9.17) is 5.26 Å². The number of nitriles is 1. The molecule has 1 aromatic carbocycles. The van der Waals surface area contributed by atoms with Crippen molar-refractivity contribution in [1.29, 1.82) is 5.26 Å². The van der Waals surface area contributed by atoms with Gasteiger partial charge in [0.15, 0.2) is 11.4 Å². The number of amidine groups is 1. The second-order valence-electron chi connectivity index (χ2n) is 2.98. The Labute approximate surface area is 104 Å². The Morgan fingerprint density at radius 2 is 2.06 bits per heavy atom. The highest BCUT2D eigenvalue weighted by Gasteiger charge is 2.02. The molecule has 0 aliphatic rings. The first-order chi connectivity index (χ1) is 8.21. The lowest BCUT2D eigenvalue weighted by Gasteiger charge is -2.01. The van der Waals surface area contributed by atoms with E-state index in [1.807, 2.05) is 12.4 Å². The van der Waals surface area contributed by atoms with Crippen molar-refractivity contribution in [1.82, 2.24) is 10.6 Å². The van der Waals surface area contributed by atoms with Gasteiger partial charge >= 0.3 is 0 Å².